The first-order valence-corrected chi connectivity index (χ1v) is 8.51. The number of hydrogen-bond acceptors (Lipinski definition) is 4. The lowest BCUT2D eigenvalue weighted by Gasteiger charge is -2.32. The predicted octanol–water partition coefficient (Wildman–Crippen LogP) is 1.34. The van der Waals surface area contributed by atoms with Crippen LogP contribution in [0.1, 0.15) is 25.3 Å². The molecule has 0 saturated carbocycles. The van der Waals surface area contributed by atoms with Crippen molar-refractivity contribution in [3.8, 4) is 0 Å². The Balaban J connectivity index is 2.16. The maximum absolute atomic E-state index is 12.5. The van der Waals surface area contributed by atoms with Gasteiger partial charge in [-0.2, -0.15) is 0 Å². The summed E-state index contributed by atoms with van der Waals surface area (Å²) in [4.78, 5) is 2.55. The number of aryl methyl sites for hydroxylation is 1. The maximum atomic E-state index is 12.5. The normalized spacial score (nSPS) is 21.0. The first-order valence-electron chi connectivity index (χ1n) is 7.03. The largest absolute Gasteiger partial charge is 0.399 e. The number of hydrogen-bond donors (Lipinski definition) is 2. The van der Waals surface area contributed by atoms with Crippen LogP contribution >= 0.6 is 0 Å². The van der Waals surface area contributed by atoms with Gasteiger partial charge in [-0.15, -0.1) is 0 Å². The summed E-state index contributed by atoms with van der Waals surface area (Å²) < 4.78 is 27.8. The zero-order valence-electron chi connectivity index (χ0n) is 12.1. The number of sulfonamides is 1. The van der Waals surface area contributed by atoms with Gasteiger partial charge < -0.3 is 10.6 Å². The molecule has 1 aliphatic heterocycles. The summed E-state index contributed by atoms with van der Waals surface area (Å²) in [6.07, 6.45) is 1.91. The molecule has 112 valence electrons. The number of nitrogens with two attached hydrogens (primary N) is 1. The van der Waals surface area contributed by atoms with E-state index >= 15 is 0 Å². The van der Waals surface area contributed by atoms with Gasteiger partial charge in [0.1, 0.15) is 0 Å². The van der Waals surface area contributed by atoms with Crippen molar-refractivity contribution >= 4 is 15.7 Å². The van der Waals surface area contributed by atoms with Crippen molar-refractivity contribution in [1.29, 1.82) is 0 Å². The highest BCUT2D eigenvalue weighted by Crippen LogP contribution is 2.20. The summed E-state index contributed by atoms with van der Waals surface area (Å²) in [7, 11) is -3.50. The average Bonchev–Trinajstić information content (AvgIpc) is 2.41. The van der Waals surface area contributed by atoms with E-state index in [-0.39, 0.29) is 10.9 Å². The highest BCUT2D eigenvalue weighted by Gasteiger charge is 2.25. The van der Waals surface area contributed by atoms with Gasteiger partial charge in [0.2, 0.25) is 10.0 Å². The minimum Gasteiger partial charge on any atom is -0.399 e. The minimum absolute atomic E-state index is 0.0190. The van der Waals surface area contributed by atoms with Crippen molar-refractivity contribution in [3.63, 3.8) is 0 Å². The number of likely N-dealkylation sites (N-methyl/N-ethyl adjacent to an activating group) is 1. The van der Waals surface area contributed by atoms with Crippen molar-refractivity contribution < 1.29 is 8.42 Å². The zero-order chi connectivity index (χ0) is 14.8. The van der Waals surface area contributed by atoms with Gasteiger partial charge in [0, 0.05) is 18.3 Å². The third-order valence-corrected chi connectivity index (χ3v) is 5.44. The predicted molar refractivity (Wildman–Crippen MR) is 81.0 cm³/mol. The molecule has 1 aromatic rings. The molecule has 0 radical (unpaired) electrons. The Hall–Kier alpha value is -1.11. The van der Waals surface area contributed by atoms with E-state index in [1.807, 2.05) is 0 Å². The van der Waals surface area contributed by atoms with Crippen LogP contribution in [0.2, 0.25) is 0 Å². The van der Waals surface area contributed by atoms with Crippen LogP contribution in [0.4, 0.5) is 5.69 Å². The second-order valence-electron chi connectivity index (χ2n) is 5.38. The quantitative estimate of drug-likeness (QED) is 0.822. The van der Waals surface area contributed by atoms with Crippen LogP contribution in [0, 0.1) is 6.92 Å². The van der Waals surface area contributed by atoms with E-state index in [2.05, 4.69) is 16.5 Å². The molecule has 1 atom stereocenters. The monoisotopic (exact) mass is 297 g/mol. The lowest BCUT2D eigenvalue weighted by atomic mass is 10.1. The summed E-state index contributed by atoms with van der Waals surface area (Å²) in [5.74, 6) is 0. The summed E-state index contributed by atoms with van der Waals surface area (Å²) in [5, 5.41) is 0. The van der Waals surface area contributed by atoms with Gasteiger partial charge in [-0.25, -0.2) is 13.1 Å². The van der Waals surface area contributed by atoms with Crippen LogP contribution in [0.25, 0.3) is 0 Å². The molecule has 0 spiro atoms. The molecule has 1 fully saturated rings. The van der Waals surface area contributed by atoms with Crippen LogP contribution in [0.3, 0.4) is 0 Å². The van der Waals surface area contributed by atoms with E-state index in [1.165, 1.54) is 6.07 Å². The van der Waals surface area contributed by atoms with Crippen molar-refractivity contribution in [1.82, 2.24) is 9.62 Å². The van der Waals surface area contributed by atoms with Gasteiger partial charge in [-0.3, -0.25) is 0 Å². The molecule has 2 rings (SSSR count). The van der Waals surface area contributed by atoms with Crippen LogP contribution in [0.15, 0.2) is 23.1 Å². The third kappa shape index (κ3) is 3.50. The fourth-order valence-corrected chi connectivity index (χ4v) is 4.17. The Morgan fingerprint density at radius 2 is 2.20 bits per heavy atom. The van der Waals surface area contributed by atoms with Gasteiger partial charge in [0.25, 0.3) is 0 Å². The lowest BCUT2D eigenvalue weighted by Crippen LogP contribution is -2.47. The van der Waals surface area contributed by atoms with Gasteiger partial charge in [-0.1, -0.05) is 13.0 Å². The molecule has 20 heavy (non-hydrogen) atoms. The van der Waals surface area contributed by atoms with E-state index in [9.17, 15) is 8.42 Å². The van der Waals surface area contributed by atoms with Gasteiger partial charge >= 0.3 is 0 Å². The molecular formula is C14H23N3O2S. The first kappa shape index (κ1) is 15.3. The molecular weight excluding hydrogens is 274 g/mol. The molecule has 1 aromatic carbocycles. The molecule has 0 aromatic heterocycles. The van der Waals surface area contributed by atoms with Crippen molar-refractivity contribution in [2.24, 2.45) is 0 Å². The number of rotatable bonds is 4. The Labute approximate surface area is 121 Å². The second-order valence-corrected chi connectivity index (χ2v) is 7.06. The number of benzene rings is 1. The number of anilines is 1. The Morgan fingerprint density at radius 1 is 1.45 bits per heavy atom. The molecule has 1 aliphatic rings. The van der Waals surface area contributed by atoms with Crippen LogP contribution in [-0.2, 0) is 10.0 Å². The van der Waals surface area contributed by atoms with Crippen molar-refractivity contribution in [2.45, 2.75) is 37.6 Å². The molecule has 0 bridgehead atoms. The Kier molecular flexibility index (Phi) is 4.67. The molecule has 6 heteroatoms. The summed E-state index contributed by atoms with van der Waals surface area (Å²) in [6, 6.07) is 4.96. The summed E-state index contributed by atoms with van der Waals surface area (Å²) in [5.41, 5.74) is 6.89. The van der Waals surface area contributed by atoms with E-state index in [0.717, 1.165) is 38.0 Å². The highest BCUT2D eigenvalue weighted by atomic mass is 32.2. The van der Waals surface area contributed by atoms with Crippen molar-refractivity contribution in [2.75, 3.05) is 25.4 Å². The van der Waals surface area contributed by atoms with Crippen LogP contribution in [-0.4, -0.2) is 39.0 Å². The topological polar surface area (TPSA) is 75.4 Å². The third-order valence-electron chi connectivity index (χ3n) is 3.78. The SMILES string of the molecule is CCN1CCCC(NS(=O)(=O)c2cc(N)ccc2C)C1. The van der Waals surface area contributed by atoms with Gasteiger partial charge in [0.05, 0.1) is 4.90 Å². The Morgan fingerprint density at radius 3 is 2.90 bits per heavy atom. The molecule has 1 heterocycles. The zero-order valence-corrected chi connectivity index (χ0v) is 12.9. The van der Waals surface area contributed by atoms with Gasteiger partial charge in [0.15, 0.2) is 0 Å². The molecule has 3 N–H and O–H groups in total. The number of likely N-dealkylation sites (tertiary alicyclic amines) is 1. The van der Waals surface area contributed by atoms with E-state index < -0.39 is 10.0 Å². The van der Waals surface area contributed by atoms with Crippen molar-refractivity contribution in [3.05, 3.63) is 23.8 Å². The maximum Gasteiger partial charge on any atom is 0.241 e. The highest BCUT2D eigenvalue weighted by molar-refractivity contribution is 7.89. The molecule has 0 amide bonds. The summed E-state index contributed by atoms with van der Waals surface area (Å²) in [6.45, 7) is 6.66. The van der Waals surface area contributed by atoms with E-state index in [1.54, 1.807) is 19.1 Å². The van der Waals surface area contributed by atoms with Crippen LogP contribution < -0.4 is 10.5 Å². The first-order chi connectivity index (χ1) is 9.42. The number of nitrogen functional groups attached to an aromatic ring is 1. The number of nitrogens with zero attached hydrogens (tertiary/aromatic N) is 1. The van der Waals surface area contributed by atoms with Crippen LogP contribution in [0.5, 0.6) is 0 Å². The smallest absolute Gasteiger partial charge is 0.241 e. The lowest BCUT2D eigenvalue weighted by molar-refractivity contribution is 0.211. The molecule has 0 aliphatic carbocycles. The second kappa shape index (κ2) is 6.11. The number of nitrogens with one attached hydrogen (secondary N) is 1. The Bertz CT molecular complexity index is 572. The number of piperidine rings is 1. The molecule has 5 nitrogen and oxygen atoms in total. The molecule has 1 saturated heterocycles. The fourth-order valence-electron chi connectivity index (χ4n) is 2.63. The van der Waals surface area contributed by atoms with E-state index in [4.69, 9.17) is 5.73 Å². The standard InChI is InChI=1S/C14H23N3O2S/c1-3-17-8-4-5-13(10-17)16-20(18,19)14-9-12(15)7-6-11(14)2/h6-7,9,13,16H,3-5,8,10,15H2,1-2H3. The van der Waals surface area contributed by atoms with E-state index in [0.29, 0.717) is 5.69 Å². The average molecular weight is 297 g/mol. The molecule has 1 unspecified atom stereocenters. The summed E-state index contributed by atoms with van der Waals surface area (Å²) >= 11 is 0. The fraction of sp³-hybridized carbons (Fsp3) is 0.571. The minimum atomic E-state index is -3.50. The van der Waals surface area contributed by atoms with Gasteiger partial charge in [-0.05, 0) is 50.6 Å².